The Kier molecular flexibility index (Phi) is 5.48. The van der Waals surface area contributed by atoms with Crippen LogP contribution in [-0.4, -0.2) is 44.6 Å². The van der Waals surface area contributed by atoms with Gasteiger partial charge in [-0.05, 0) is 13.8 Å². The summed E-state index contributed by atoms with van der Waals surface area (Å²) in [4.78, 5) is 22.7. The summed E-state index contributed by atoms with van der Waals surface area (Å²) in [6, 6.07) is 0. The van der Waals surface area contributed by atoms with Crippen molar-refractivity contribution in [2.45, 2.75) is 13.8 Å². The Bertz CT molecular complexity index is 193. The van der Waals surface area contributed by atoms with Gasteiger partial charge in [-0.3, -0.25) is 4.90 Å². The summed E-state index contributed by atoms with van der Waals surface area (Å²) in [7, 11) is 0. The summed E-state index contributed by atoms with van der Waals surface area (Å²) in [5.41, 5.74) is 0. The number of rotatable bonds is 4. The first-order valence-electron chi connectivity index (χ1n) is 3.92. The van der Waals surface area contributed by atoms with E-state index in [1.54, 1.807) is 13.8 Å². The van der Waals surface area contributed by atoms with E-state index < -0.39 is 28.1 Å². The highest BCUT2D eigenvalue weighted by molar-refractivity contribution is 8.06. The second-order valence-electron chi connectivity index (χ2n) is 2.32. The maximum atomic E-state index is 11.2. The van der Waals surface area contributed by atoms with Crippen molar-refractivity contribution in [1.82, 2.24) is 4.90 Å². The van der Waals surface area contributed by atoms with Gasteiger partial charge < -0.3 is 9.66 Å². The van der Waals surface area contributed by atoms with Crippen molar-refractivity contribution >= 4 is 22.4 Å². The van der Waals surface area contributed by atoms with Crippen LogP contribution >= 0.6 is 0 Å². The monoisotopic (exact) mass is 207 g/mol. The van der Waals surface area contributed by atoms with Crippen LogP contribution in [0.3, 0.4) is 0 Å². The molecule has 0 aromatic heterocycles. The molecule has 1 atom stereocenters. The largest absolute Gasteiger partial charge is 0.607 e. The van der Waals surface area contributed by atoms with Crippen LogP contribution in [0.1, 0.15) is 13.8 Å². The summed E-state index contributed by atoms with van der Waals surface area (Å²) in [6.07, 6.45) is 0. The average molecular weight is 207 g/mol. The van der Waals surface area contributed by atoms with Gasteiger partial charge in [-0.15, -0.1) is 0 Å². The van der Waals surface area contributed by atoms with Gasteiger partial charge >= 0.3 is 11.2 Å². The van der Waals surface area contributed by atoms with Crippen molar-refractivity contribution in [2.75, 3.05) is 18.8 Å². The highest BCUT2D eigenvalue weighted by Gasteiger charge is 2.26. The second kappa shape index (κ2) is 5.82. The number of hydrogen-bond acceptors (Lipinski definition) is 3. The fourth-order valence-corrected chi connectivity index (χ4v) is 1.69. The minimum atomic E-state index is -1.94. The molecule has 76 valence electrons. The molecule has 0 spiro atoms. The zero-order chi connectivity index (χ0) is 10.4. The van der Waals surface area contributed by atoms with Gasteiger partial charge in [-0.1, -0.05) is 0 Å². The molecule has 0 heterocycles. The standard InChI is InChI=1S/C7H13NO4S/c1-3-8(4-2)7(11)13(12)5-6(9)10/h3-5H2,1-2H3,(H,9,10). The Morgan fingerprint density at radius 1 is 1.38 bits per heavy atom. The lowest BCUT2D eigenvalue weighted by Gasteiger charge is -2.17. The van der Waals surface area contributed by atoms with Gasteiger partial charge in [0.1, 0.15) is 0 Å². The SMILES string of the molecule is CCN(CC)C(=O)[S+]([O-])CC(=O)O. The number of carboxylic acids is 1. The summed E-state index contributed by atoms with van der Waals surface area (Å²) in [6.45, 7) is 4.39. The number of aliphatic carboxylic acids is 1. The van der Waals surface area contributed by atoms with Gasteiger partial charge in [-0.25, -0.2) is 9.59 Å². The lowest BCUT2D eigenvalue weighted by atomic mass is 10.6. The molecule has 0 saturated carbocycles. The van der Waals surface area contributed by atoms with Crippen LogP contribution in [0.15, 0.2) is 0 Å². The molecular weight excluding hydrogens is 194 g/mol. The molecule has 0 saturated heterocycles. The first-order chi connectivity index (χ1) is 6.02. The predicted octanol–water partition coefficient (Wildman–Crippen LogP) is 0.281. The van der Waals surface area contributed by atoms with E-state index in [0.717, 1.165) is 0 Å². The molecule has 1 amide bonds. The normalized spacial score (nSPS) is 12.2. The van der Waals surface area contributed by atoms with Gasteiger partial charge in [0, 0.05) is 13.1 Å². The predicted molar refractivity (Wildman–Crippen MR) is 49.0 cm³/mol. The molecule has 0 radical (unpaired) electrons. The van der Waals surface area contributed by atoms with Crippen molar-refractivity contribution in [3.8, 4) is 0 Å². The minimum absolute atomic E-state index is 0.445. The second-order valence-corrected chi connectivity index (χ2v) is 3.65. The van der Waals surface area contributed by atoms with Crippen molar-refractivity contribution in [3.63, 3.8) is 0 Å². The summed E-state index contributed by atoms with van der Waals surface area (Å²) in [5, 5.41) is 7.69. The molecule has 0 bridgehead atoms. The number of carbonyl (C=O) groups excluding carboxylic acids is 1. The Balaban J connectivity index is 4.14. The third-order valence-electron chi connectivity index (χ3n) is 1.47. The topological polar surface area (TPSA) is 80.7 Å². The molecular formula is C7H13NO4S. The van der Waals surface area contributed by atoms with E-state index in [9.17, 15) is 14.1 Å². The van der Waals surface area contributed by atoms with E-state index >= 15 is 0 Å². The maximum absolute atomic E-state index is 11.2. The van der Waals surface area contributed by atoms with E-state index in [2.05, 4.69) is 0 Å². The highest BCUT2D eigenvalue weighted by Crippen LogP contribution is 2.01. The molecule has 5 nitrogen and oxygen atoms in total. The smallest absolute Gasteiger partial charge is 0.430 e. The molecule has 0 aliphatic carbocycles. The van der Waals surface area contributed by atoms with Crippen LogP contribution in [0.5, 0.6) is 0 Å². The molecule has 0 fully saturated rings. The summed E-state index contributed by atoms with van der Waals surface area (Å²) >= 11 is -1.94. The number of hydrogen-bond donors (Lipinski definition) is 1. The van der Waals surface area contributed by atoms with Gasteiger partial charge in [0.05, 0.1) is 11.2 Å². The van der Waals surface area contributed by atoms with Crippen LogP contribution < -0.4 is 0 Å². The van der Waals surface area contributed by atoms with Crippen LogP contribution in [0, 0.1) is 0 Å². The van der Waals surface area contributed by atoms with E-state index in [0.29, 0.717) is 13.1 Å². The average Bonchev–Trinajstić information content (AvgIpc) is 2.05. The zero-order valence-electron chi connectivity index (χ0n) is 7.65. The van der Waals surface area contributed by atoms with E-state index in [4.69, 9.17) is 5.11 Å². The third kappa shape index (κ3) is 4.14. The highest BCUT2D eigenvalue weighted by atomic mass is 32.2. The van der Waals surface area contributed by atoms with Crippen molar-refractivity contribution in [2.24, 2.45) is 0 Å². The first-order valence-corrected chi connectivity index (χ1v) is 5.23. The van der Waals surface area contributed by atoms with Gasteiger partial charge in [0.15, 0.2) is 0 Å². The van der Waals surface area contributed by atoms with E-state index in [1.807, 2.05) is 0 Å². The van der Waals surface area contributed by atoms with E-state index in [-0.39, 0.29) is 0 Å². The van der Waals surface area contributed by atoms with Crippen LogP contribution in [0.2, 0.25) is 0 Å². The summed E-state index contributed by atoms with van der Waals surface area (Å²) in [5.74, 6) is -1.84. The molecule has 6 heteroatoms. The Morgan fingerprint density at radius 3 is 2.15 bits per heavy atom. The molecule has 1 N–H and O–H groups in total. The molecule has 1 unspecified atom stereocenters. The third-order valence-corrected chi connectivity index (χ3v) is 2.63. The van der Waals surface area contributed by atoms with Crippen molar-refractivity contribution in [3.05, 3.63) is 0 Å². The Hall–Kier alpha value is -0.750. The zero-order valence-corrected chi connectivity index (χ0v) is 8.47. The number of amides is 1. The molecule has 0 aromatic rings. The number of carboxylic acid groups (broad SMARTS) is 1. The van der Waals surface area contributed by atoms with Crippen LogP contribution in [0.25, 0.3) is 0 Å². The molecule has 0 aliphatic heterocycles. The fraction of sp³-hybridized carbons (Fsp3) is 0.714. The van der Waals surface area contributed by atoms with Crippen LogP contribution in [0.4, 0.5) is 4.79 Å². The van der Waals surface area contributed by atoms with Crippen LogP contribution in [-0.2, 0) is 16.0 Å². The Labute approximate surface area is 79.9 Å². The van der Waals surface area contributed by atoms with Gasteiger partial charge in [-0.2, -0.15) is 0 Å². The van der Waals surface area contributed by atoms with Crippen molar-refractivity contribution in [1.29, 1.82) is 0 Å². The molecule has 0 rings (SSSR count). The van der Waals surface area contributed by atoms with Crippen molar-refractivity contribution < 1.29 is 19.2 Å². The number of nitrogens with zero attached hydrogens (tertiary/aromatic N) is 1. The minimum Gasteiger partial charge on any atom is -0.607 e. The van der Waals surface area contributed by atoms with E-state index in [1.165, 1.54) is 4.90 Å². The van der Waals surface area contributed by atoms with Gasteiger partial charge in [0.25, 0.3) is 0 Å². The lowest BCUT2D eigenvalue weighted by molar-refractivity contribution is -0.134. The number of carbonyl (C=O) groups is 2. The molecule has 13 heavy (non-hydrogen) atoms. The van der Waals surface area contributed by atoms with Gasteiger partial charge in [0.2, 0.25) is 5.75 Å². The fourth-order valence-electron chi connectivity index (χ4n) is 0.800. The maximum Gasteiger partial charge on any atom is 0.430 e. The molecule has 0 aromatic carbocycles. The Morgan fingerprint density at radius 2 is 1.85 bits per heavy atom. The quantitative estimate of drug-likeness (QED) is 0.671. The summed E-state index contributed by atoms with van der Waals surface area (Å²) < 4.78 is 11.1. The first kappa shape index (κ1) is 12.2. The molecule has 0 aliphatic rings. The lowest BCUT2D eigenvalue weighted by Crippen LogP contribution is -2.37.